The Morgan fingerprint density at radius 1 is 1.34 bits per heavy atom. The van der Waals surface area contributed by atoms with Crippen molar-refractivity contribution in [1.29, 1.82) is 4.78 Å². The number of aromatic amines is 1. The van der Waals surface area contributed by atoms with Gasteiger partial charge in [-0.25, -0.2) is 19.2 Å². The highest BCUT2D eigenvalue weighted by Gasteiger charge is 2.53. The topological polar surface area (TPSA) is 108 Å². The normalized spacial score (nSPS) is 23.1. The summed E-state index contributed by atoms with van der Waals surface area (Å²) >= 11 is 0. The van der Waals surface area contributed by atoms with Gasteiger partial charge in [0.15, 0.2) is 0 Å². The molecular weight excluding hydrogens is 388 g/mol. The van der Waals surface area contributed by atoms with Gasteiger partial charge in [0.05, 0.1) is 45.1 Å². The van der Waals surface area contributed by atoms with Crippen molar-refractivity contribution in [2.24, 2.45) is 0 Å². The van der Waals surface area contributed by atoms with Gasteiger partial charge in [0, 0.05) is 36.1 Å². The van der Waals surface area contributed by atoms with Crippen LogP contribution in [0.15, 0.2) is 30.6 Å². The quantitative estimate of drug-likeness (QED) is 0.682. The molecule has 0 amide bonds. The first kappa shape index (κ1) is 18.5. The van der Waals surface area contributed by atoms with Gasteiger partial charge >= 0.3 is 0 Å². The number of hydrogen-bond donors (Lipinski definition) is 2. The summed E-state index contributed by atoms with van der Waals surface area (Å²) in [6.07, 6.45) is 6.58. The molecule has 1 aliphatic carbocycles. The molecule has 29 heavy (non-hydrogen) atoms. The maximum Gasteiger partial charge on any atom is 0.226 e. The zero-order valence-corrected chi connectivity index (χ0v) is 17.3. The van der Waals surface area contributed by atoms with Gasteiger partial charge in [0.2, 0.25) is 5.95 Å². The molecule has 2 N–H and O–H groups in total. The van der Waals surface area contributed by atoms with E-state index in [9.17, 15) is 4.21 Å². The van der Waals surface area contributed by atoms with E-state index in [1.165, 1.54) is 6.26 Å². The lowest BCUT2D eigenvalue weighted by molar-refractivity contribution is 0.0980. The van der Waals surface area contributed by atoms with Gasteiger partial charge in [-0.15, -0.1) is 0 Å². The Labute approximate surface area is 169 Å². The molecule has 8 nitrogen and oxygen atoms in total. The zero-order chi connectivity index (χ0) is 20.2. The van der Waals surface area contributed by atoms with E-state index in [1.54, 1.807) is 6.20 Å². The van der Waals surface area contributed by atoms with E-state index in [2.05, 4.69) is 21.8 Å². The smallest absolute Gasteiger partial charge is 0.226 e. The Bertz CT molecular complexity index is 1180. The molecule has 152 valence electrons. The highest BCUT2D eigenvalue weighted by Crippen LogP contribution is 2.52. The molecule has 0 spiro atoms. The second-order valence-corrected chi connectivity index (χ2v) is 10.5. The Balaban J connectivity index is 1.72. The average molecular weight is 413 g/mol. The van der Waals surface area contributed by atoms with Crippen molar-refractivity contribution in [1.82, 2.24) is 19.9 Å². The molecule has 2 aliphatic rings. The summed E-state index contributed by atoms with van der Waals surface area (Å²) in [5, 5.41) is 0.978. The highest BCUT2D eigenvalue weighted by molar-refractivity contribution is 7.92. The molecule has 1 saturated carbocycles. The van der Waals surface area contributed by atoms with Crippen LogP contribution in [0.25, 0.3) is 22.3 Å². The van der Waals surface area contributed by atoms with Crippen LogP contribution in [-0.4, -0.2) is 56.2 Å². The van der Waals surface area contributed by atoms with Crippen LogP contribution in [-0.2, 0) is 19.2 Å². The number of rotatable bonds is 4. The standard InChI is InChI=1S/C20H24N6O2S/c1-13-12-28-10-9-26(13)19-24-16(14-3-7-22-18-15(14)4-8-23-18)11-17(25-19)20(5-6-20)29(2,21)27/h3-4,7-8,11,13,21H,5-6,9-10,12H2,1-2H3,(H,22,23)/t13-,29-/m1/s1. The number of nitrogens with zero attached hydrogens (tertiary/aromatic N) is 4. The predicted molar refractivity (Wildman–Crippen MR) is 112 cm³/mol. The minimum Gasteiger partial charge on any atom is -0.377 e. The minimum absolute atomic E-state index is 0.147. The largest absolute Gasteiger partial charge is 0.377 e. The lowest BCUT2D eigenvalue weighted by atomic mass is 10.1. The summed E-state index contributed by atoms with van der Waals surface area (Å²) in [6.45, 7) is 4.04. The number of morpholine rings is 1. The monoisotopic (exact) mass is 412 g/mol. The van der Waals surface area contributed by atoms with Crippen molar-refractivity contribution in [2.75, 3.05) is 30.9 Å². The van der Waals surface area contributed by atoms with Crippen LogP contribution < -0.4 is 4.90 Å². The van der Waals surface area contributed by atoms with E-state index in [4.69, 9.17) is 19.5 Å². The summed E-state index contributed by atoms with van der Waals surface area (Å²) in [5.41, 5.74) is 3.22. The van der Waals surface area contributed by atoms with Gasteiger partial charge in [-0.3, -0.25) is 4.78 Å². The van der Waals surface area contributed by atoms with Crippen LogP contribution in [0.3, 0.4) is 0 Å². The average Bonchev–Trinajstić information content (AvgIpc) is 3.39. The fourth-order valence-electron chi connectivity index (χ4n) is 4.10. The third-order valence-electron chi connectivity index (χ3n) is 5.99. The van der Waals surface area contributed by atoms with Gasteiger partial charge in [-0.2, -0.15) is 0 Å². The number of nitrogens with one attached hydrogen (secondary N) is 2. The zero-order valence-electron chi connectivity index (χ0n) is 16.5. The van der Waals surface area contributed by atoms with E-state index < -0.39 is 14.5 Å². The number of H-pyrrole nitrogens is 1. The molecule has 3 aromatic rings. The van der Waals surface area contributed by atoms with Crippen LogP contribution in [0.4, 0.5) is 5.95 Å². The van der Waals surface area contributed by atoms with E-state index in [0.717, 1.165) is 35.1 Å². The van der Waals surface area contributed by atoms with Crippen LogP contribution in [0.1, 0.15) is 25.5 Å². The fourth-order valence-corrected chi connectivity index (χ4v) is 5.49. The molecule has 1 aliphatic heterocycles. The summed E-state index contributed by atoms with van der Waals surface area (Å²) < 4.78 is 26.0. The lowest BCUT2D eigenvalue weighted by Crippen LogP contribution is -2.44. The van der Waals surface area contributed by atoms with E-state index >= 15 is 0 Å². The van der Waals surface area contributed by atoms with E-state index in [0.29, 0.717) is 31.4 Å². The Hall–Kier alpha value is -2.52. The van der Waals surface area contributed by atoms with Crippen molar-refractivity contribution in [3.8, 4) is 11.3 Å². The van der Waals surface area contributed by atoms with Crippen LogP contribution in [0.2, 0.25) is 0 Å². The number of pyridine rings is 1. The molecule has 2 fully saturated rings. The molecule has 0 radical (unpaired) electrons. The maximum absolute atomic E-state index is 12.8. The van der Waals surface area contributed by atoms with Gasteiger partial charge in [-0.1, -0.05) is 0 Å². The van der Waals surface area contributed by atoms with Crippen molar-refractivity contribution in [3.05, 3.63) is 36.3 Å². The summed E-state index contributed by atoms with van der Waals surface area (Å²) in [7, 11) is -2.79. The summed E-state index contributed by atoms with van der Waals surface area (Å²) in [4.78, 5) is 19.4. The summed E-state index contributed by atoms with van der Waals surface area (Å²) in [5.74, 6) is 0.615. The van der Waals surface area contributed by atoms with Crippen molar-refractivity contribution >= 4 is 26.7 Å². The SMILES string of the molecule is C[C@@H]1COCCN1c1nc(-c2ccnc3[nH]ccc23)cc(C2([S@](C)(=N)=O)CC2)n1. The van der Waals surface area contributed by atoms with Crippen LogP contribution >= 0.6 is 0 Å². The second kappa shape index (κ2) is 6.50. The Kier molecular flexibility index (Phi) is 4.15. The van der Waals surface area contributed by atoms with Crippen LogP contribution in [0.5, 0.6) is 0 Å². The minimum atomic E-state index is -2.79. The molecule has 4 heterocycles. The maximum atomic E-state index is 12.8. The molecule has 1 saturated heterocycles. The third kappa shape index (κ3) is 3.00. The van der Waals surface area contributed by atoms with Crippen molar-refractivity contribution < 1.29 is 8.95 Å². The van der Waals surface area contributed by atoms with E-state index in [-0.39, 0.29) is 6.04 Å². The number of anilines is 1. The molecule has 0 bridgehead atoms. The molecule has 9 heteroatoms. The first-order valence-corrected chi connectivity index (χ1v) is 11.8. The predicted octanol–water partition coefficient (Wildman–Crippen LogP) is 2.91. The Morgan fingerprint density at radius 3 is 2.90 bits per heavy atom. The number of aromatic nitrogens is 4. The van der Waals surface area contributed by atoms with Crippen molar-refractivity contribution in [3.63, 3.8) is 0 Å². The number of ether oxygens (including phenoxy) is 1. The van der Waals surface area contributed by atoms with Crippen LogP contribution in [0, 0.1) is 4.78 Å². The molecular formula is C20H24N6O2S. The van der Waals surface area contributed by atoms with Gasteiger partial charge in [0.1, 0.15) is 5.65 Å². The highest BCUT2D eigenvalue weighted by atomic mass is 32.2. The van der Waals surface area contributed by atoms with Gasteiger partial charge in [-0.05, 0) is 38.0 Å². The first-order valence-electron chi connectivity index (χ1n) is 9.79. The molecule has 5 rings (SSSR count). The molecule has 0 aromatic carbocycles. The Morgan fingerprint density at radius 2 is 2.17 bits per heavy atom. The fraction of sp³-hybridized carbons (Fsp3) is 0.450. The number of hydrogen-bond acceptors (Lipinski definition) is 7. The molecule has 0 unspecified atom stereocenters. The van der Waals surface area contributed by atoms with Gasteiger partial charge < -0.3 is 14.6 Å². The van der Waals surface area contributed by atoms with Crippen molar-refractivity contribution in [2.45, 2.75) is 30.6 Å². The lowest BCUT2D eigenvalue weighted by Gasteiger charge is -2.34. The second-order valence-electron chi connectivity index (χ2n) is 7.99. The summed E-state index contributed by atoms with van der Waals surface area (Å²) in [6, 6.07) is 5.99. The molecule has 2 atom stereocenters. The molecule has 3 aromatic heterocycles. The first-order chi connectivity index (χ1) is 13.9. The third-order valence-corrected chi connectivity index (χ3v) is 8.10. The van der Waals surface area contributed by atoms with E-state index in [1.807, 2.05) is 24.4 Å². The van der Waals surface area contributed by atoms with Gasteiger partial charge in [0.25, 0.3) is 0 Å². The number of fused-ring (bicyclic) bond motifs is 1.